The van der Waals surface area contributed by atoms with Crippen LogP contribution >= 0.6 is 45.2 Å². The molecule has 10 heteroatoms. The number of hydrogen-bond donors (Lipinski definition) is 1. The lowest BCUT2D eigenvalue weighted by molar-refractivity contribution is -0.140. The predicted octanol–water partition coefficient (Wildman–Crippen LogP) is 3.98. The first kappa shape index (κ1) is 22.8. The van der Waals surface area contributed by atoms with Gasteiger partial charge in [0.25, 0.3) is 10.1 Å². The van der Waals surface area contributed by atoms with Crippen molar-refractivity contribution in [2.45, 2.75) is 18.4 Å². The molecule has 0 fully saturated rings. The topological polar surface area (TPSA) is 107 Å². The van der Waals surface area contributed by atoms with Gasteiger partial charge in [0.2, 0.25) is 0 Å². The Morgan fingerprint density at radius 1 is 1.14 bits per heavy atom. The number of hydrogen-bond acceptors (Lipinski definition) is 6. The third-order valence-electron chi connectivity index (χ3n) is 3.38. The molecular formula is C18H14I2O7S. The van der Waals surface area contributed by atoms with Gasteiger partial charge in [-0.1, -0.05) is 6.58 Å². The van der Waals surface area contributed by atoms with E-state index in [0.717, 1.165) is 15.7 Å². The van der Waals surface area contributed by atoms with E-state index in [4.69, 9.17) is 14.0 Å². The van der Waals surface area contributed by atoms with Gasteiger partial charge in [0.15, 0.2) is 0 Å². The van der Waals surface area contributed by atoms with Crippen LogP contribution in [0.25, 0.3) is 0 Å². The SMILES string of the molecule is C=C(C)C(=O)OCc1cc(I)cc(I)c1C(=O)Oc1ccc(S(=O)(=O)O)cc1. The van der Waals surface area contributed by atoms with Gasteiger partial charge in [-0.2, -0.15) is 8.42 Å². The summed E-state index contributed by atoms with van der Waals surface area (Å²) in [7, 11) is -4.34. The fourth-order valence-corrected chi connectivity index (χ4v) is 4.74. The number of rotatable bonds is 6. The second kappa shape index (κ2) is 9.33. The Morgan fingerprint density at radius 3 is 2.29 bits per heavy atom. The Balaban J connectivity index is 2.29. The van der Waals surface area contributed by atoms with Crippen LogP contribution in [0.15, 0.2) is 53.4 Å². The molecule has 0 aliphatic rings. The van der Waals surface area contributed by atoms with Gasteiger partial charge in [0.05, 0.1) is 10.5 Å². The van der Waals surface area contributed by atoms with E-state index in [-0.39, 0.29) is 28.4 Å². The van der Waals surface area contributed by atoms with Crippen LogP contribution in [-0.4, -0.2) is 24.9 Å². The standard InChI is InChI=1S/C18H14I2O7S/c1-10(2)17(21)26-9-11-7-12(19)8-15(20)16(11)18(22)27-13-3-5-14(6-4-13)28(23,24)25/h3-8H,1,9H2,2H3,(H,23,24,25). The van der Waals surface area contributed by atoms with Crippen LogP contribution in [0.1, 0.15) is 22.8 Å². The van der Waals surface area contributed by atoms with Crippen LogP contribution in [-0.2, 0) is 26.3 Å². The summed E-state index contributed by atoms with van der Waals surface area (Å²) in [5.74, 6) is -1.17. The van der Waals surface area contributed by atoms with Gasteiger partial charge in [-0.3, -0.25) is 4.55 Å². The summed E-state index contributed by atoms with van der Waals surface area (Å²) in [6.07, 6.45) is 0. The Morgan fingerprint density at radius 2 is 1.75 bits per heavy atom. The molecule has 0 amide bonds. The maximum Gasteiger partial charge on any atom is 0.345 e. The summed E-state index contributed by atoms with van der Waals surface area (Å²) in [5, 5.41) is 0. The highest BCUT2D eigenvalue weighted by molar-refractivity contribution is 14.1. The minimum absolute atomic E-state index is 0.0941. The summed E-state index contributed by atoms with van der Waals surface area (Å²) < 4.78 is 43.1. The first-order chi connectivity index (χ1) is 13.0. The Kier molecular flexibility index (Phi) is 7.59. The van der Waals surface area contributed by atoms with Gasteiger partial charge in [-0.25, -0.2) is 9.59 Å². The highest BCUT2D eigenvalue weighted by atomic mass is 127. The maximum absolute atomic E-state index is 12.7. The van der Waals surface area contributed by atoms with E-state index in [1.54, 1.807) is 12.1 Å². The summed E-state index contributed by atoms with van der Waals surface area (Å²) in [5.41, 5.74) is 0.934. The number of benzene rings is 2. The smallest absolute Gasteiger partial charge is 0.345 e. The fraction of sp³-hybridized carbons (Fsp3) is 0.111. The van der Waals surface area contributed by atoms with Crippen molar-refractivity contribution in [3.8, 4) is 5.75 Å². The summed E-state index contributed by atoms with van der Waals surface area (Å²) >= 11 is 4.06. The first-order valence-electron chi connectivity index (χ1n) is 7.59. The number of halogens is 2. The minimum atomic E-state index is -4.34. The van der Waals surface area contributed by atoms with Crippen LogP contribution in [0.4, 0.5) is 0 Å². The summed E-state index contributed by atoms with van der Waals surface area (Å²) in [4.78, 5) is 24.0. The third kappa shape index (κ3) is 5.99. The summed E-state index contributed by atoms with van der Waals surface area (Å²) in [6, 6.07) is 8.21. The zero-order valence-corrected chi connectivity index (χ0v) is 19.6. The van der Waals surface area contributed by atoms with Crippen molar-refractivity contribution < 1.29 is 32.0 Å². The highest BCUT2D eigenvalue weighted by Crippen LogP contribution is 2.25. The van der Waals surface area contributed by atoms with Gasteiger partial charge in [0.1, 0.15) is 12.4 Å². The molecule has 0 spiro atoms. The van der Waals surface area contributed by atoms with E-state index in [0.29, 0.717) is 9.13 Å². The molecule has 0 aromatic heterocycles. The predicted molar refractivity (Wildman–Crippen MR) is 118 cm³/mol. The van der Waals surface area contributed by atoms with Gasteiger partial charge >= 0.3 is 11.9 Å². The molecule has 148 valence electrons. The molecule has 0 bridgehead atoms. The quantitative estimate of drug-likeness (QED) is 0.170. The Bertz CT molecular complexity index is 1040. The highest BCUT2D eigenvalue weighted by Gasteiger charge is 2.20. The number of esters is 2. The zero-order chi connectivity index (χ0) is 21.1. The second-order valence-corrected chi connectivity index (χ2v) is 9.44. The lowest BCUT2D eigenvalue weighted by atomic mass is 10.1. The molecule has 2 aromatic carbocycles. The van der Waals surface area contributed by atoms with Crippen LogP contribution in [0.2, 0.25) is 0 Å². The largest absolute Gasteiger partial charge is 0.457 e. The zero-order valence-electron chi connectivity index (χ0n) is 14.4. The molecule has 2 rings (SSSR count). The van der Waals surface area contributed by atoms with Gasteiger partial charge in [0, 0.05) is 18.3 Å². The normalized spacial score (nSPS) is 11.0. The number of ether oxygens (including phenoxy) is 2. The lowest BCUT2D eigenvalue weighted by Gasteiger charge is -2.13. The van der Waals surface area contributed by atoms with E-state index >= 15 is 0 Å². The number of carbonyl (C=O) groups excluding carboxylic acids is 2. The molecule has 0 saturated heterocycles. The minimum Gasteiger partial charge on any atom is -0.457 e. The number of carbonyl (C=O) groups is 2. The van der Waals surface area contributed by atoms with Crippen molar-refractivity contribution in [1.82, 2.24) is 0 Å². The fourth-order valence-electron chi connectivity index (χ4n) is 2.07. The van der Waals surface area contributed by atoms with E-state index in [9.17, 15) is 18.0 Å². The van der Waals surface area contributed by atoms with Crippen molar-refractivity contribution in [2.24, 2.45) is 0 Å². The molecule has 0 heterocycles. The first-order valence-corrected chi connectivity index (χ1v) is 11.2. The molecule has 28 heavy (non-hydrogen) atoms. The van der Waals surface area contributed by atoms with Crippen LogP contribution in [0.3, 0.4) is 0 Å². The molecule has 7 nitrogen and oxygen atoms in total. The molecule has 0 aliphatic heterocycles. The van der Waals surface area contributed by atoms with Crippen LogP contribution in [0.5, 0.6) is 5.75 Å². The Labute approximate surface area is 189 Å². The lowest BCUT2D eigenvalue weighted by Crippen LogP contribution is -2.16. The molecule has 0 radical (unpaired) electrons. The average Bonchev–Trinajstić information content (AvgIpc) is 2.58. The van der Waals surface area contributed by atoms with Crippen LogP contribution < -0.4 is 4.74 Å². The molecule has 0 atom stereocenters. The average molecular weight is 628 g/mol. The van der Waals surface area contributed by atoms with E-state index in [1.165, 1.54) is 19.1 Å². The molecule has 0 unspecified atom stereocenters. The maximum atomic E-state index is 12.7. The Hall–Kier alpha value is -1.51. The van der Waals surface area contributed by atoms with Crippen molar-refractivity contribution in [3.05, 3.63) is 66.8 Å². The van der Waals surface area contributed by atoms with E-state index in [2.05, 4.69) is 29.2 Å². The van der Waals surface area contributed by atoms with Crippen molar-refractivity contribution >= 4 is 67.2 Å². The van der Waals surface area contributed by atoms with Gasteiger partial charge in [-0.05, 0) is 88.5 Å². The monoisotopic (exact) mass is 628 g/mol. The molecule has 0 saturated carbocycles. The van der Waals surface area contributed by atoms with Gasteiger partial charge in [-0.15, -0.1) is 0 Å². The van der Waals surface area contributed by atoms with Gasteiger partial charge < -0.3 is 9.47 Å². The van der Waals surface area contributed by atoms with Crippen molar-refractivity contribution in [2.75, 3.05) is 0 Å². The van der Waals surface area contributed by atoms with E-state index < -0.39 is 22.1 Å². The molecule has 0 aliphatic carbocycles. The van der Waals surface area contributed by atoms with Crippen molar-refractivity contribution in [3.63, 3.8) is 0 Å². The van der Waals surface area contributed by atoms with Crippen LogP contribution in [0, 0.1) is 7.14 Å². The summed E-state index contributed by atoms with van der Waals surface area (Å²) in [6.45, 7) is 4.90. The second-order valence-electron chi connectivity index (χ2n) is 5.61. The molecular weight excluding hydrogens is 614 g/mol. The van der Waals surface area contributed by atoms with E-state index in [1.807, 2.05) is 22.6 Å². The van der Waals surface area contributed by atoms with Crippen molar-refractivity contribution in [1.29, 1.82) is 0 Å². The third-order valence-corrected chi connectivity index (χ3v) is 5.72. The molecule has 1 N–H and O–H groups in total. The molecule has 2 aromatic rings.